The Hall–Kier alpha value is -1.88. The van der Waals surface area contributed by atoms with Crippen LogP contribution < -0.4 is 10.6 Å². The lowest BCUT2D eigenvalue weighted by Gasteiger charge is -2.27. The lowest BCUT2D eigenvalue weighted by molar-refractivity contribution is -0.122. The molecular formula is C21H30N2O3. The van der Waals surface area contributed by atoms with Crippen LogP contribution in [0.2, 0.25) is 0 Å². The number of carbonyl (C=O) groups excluding carboxylic acids is 2. The van der Waals surface area contributed by atoms with E-state index in [9.17, 15) is 9.59 Å². The lowest BCUT2D eigenvalue weighted by Crippen LogP contribution is -2.31. The van der Waals surface area contributed by atoms with E-state index in [4.69, 9.17) is 4.74 Å². The number of hydrogen-bond donors (Lipinski definition) is 2. The van der Waals surface area contributed by atoms with Crippen molar-refractivity contribution in [2.45, 2.75) is 51.9 Å². The molecule has 5 heteroatoms. The molecule has 142 valence electrons. The summed E-state index contributed by atoms with van der Waals surface area (Å²) in [5.41, 5.74) is 1.48. The highest BCUT2D eigenvalue weighted by molar-refractivity contribution is 5.95. The maximum Gasteiger partial charge on any atom is 0.227 e. The van der Waals surface area contributed by atoms with Crippen molar-refractivity contribution in [2.75, 3.05) is 23.8 Å². The fraction of sp³-hybridized carbons (Fsp3) is 0.619. The van der Waals surface area contributed by atoms with Crippen molar-refractivity contribution < 1.29 is 14.3 Å². The van der Waals surface area contributed by atoms with Crippen molar-refractivity contribution in [3.63, 3.8) is 0 Å². The molecule has 1 atom stereocenters. The predicted octanol–water partition coefficient (Wildman–Crippen LogP) is 4.21. The standard InChI is InChI=1S/C21H30N2O3/c1-15(16-10-12-26-13-11-16)20(24)22-18-8-5-9-19(14-18)23-21(25)17-6-3-2-4-7-17/h5,8-9,14-17H,2-4,6-7,10-13H2,1H3,(H,22,24)(H,23,25). The van der Waals surface area contributed by atoms with E-state index >= 15 is 0 Å². The van der Waals surface area contributed by atoms with E-state index in [1.54, 1.807) is 0 Å². The van der Waals surface area contributed by atoms with Gasteiger partial charge in [0.2, 0.25) is 11.8 Å². The Morgan fingerprint density at radius 2 is 1.65 bits per heavy atom. The van der Waals surface area contributed by atoms with Crippen LogP contribution in [0.4, 0.5) is 11.4 Å². The van der Waals surface area contributed by atoms with Gasteiger partial charge in [0.15, 0.2) is 0 Å². The zero-order valence-electron chi connectivity index (χ0n) is 15.6. The van der Waals surface area contributed by atoms with Crippen LogP contribution in [0.25, 0.3) is 0 Å². The van der Waals surface area contributed by atoms with Crippen LogP contribution in [0.15, 0.2) is 24.3 Å². The predicted molar refractivity (Wildman–Crippen MR) is 103 cm³/mol. The molecule has 1 saturated carbocycles. The van der Waals surface area contributed by atoms with Gasteiger partial charge in [-0.2, -0.15) is 0 Å². The number of benzene rings is 1. The SMILES string of the molecule is CC(C(=O)Nc1cccc(NC(=O)C2CCCCC2)c1)C1CCOCC1. The summed E-state index contributed by atoms with van der Waals surface area (Å²) in [6.45, 7) is 3.47. The van der Waals surface area contributed by atoms with E-state index in [0.717, 1.165) is 63.1 Å². The maximum atomic E-state index is 12.6. The first-order chi connectivity index (χ1) is 12.6. The second-order valence-corrected chi connectivity index (χ2v) is 7.63. The van der Waals surface area contributed by atoms with Crippen LogP contribution in [0.5, 0.6) is 0 Å². The highest BCUT2D eigenvalue weighted by Gasteiger charge is 2.26. The van der Waals surface area contributed by atoms with Crippen molar-refractivity contribution in [3.05, 3.63) is 24.3 Å². The van der Waals surface area contributed by atoms with Crippen LogP contribution in [0.1, 0.15) is 51.9 Å². The third kappa shape index (κ3) is 5.07. The molecule has 1 aromatic carbocycles. The van der Waals surface area contributed by atoms with Gasteiger partial charge in [-0.3, -0.25) is 9.59 Å². The minimum absolute atomic E-state index is 0.0349. The number of anilines is 2. The van der Waals surface area contributed by atoms with Crippen molar-refractivity contribution in [3.8, 4) is 0 Å². The summed E-state index contributed by atoms with van der Waals surface area (Å²) >= 11 is 0. The van der Waals surface area contributed by atoms with Crippen LogP contribution in [0.3, 0.4) is 0 Å². The summed E-state index contributed by atoms with van der Waals surface area (Å²) < 4.78 is 5.38. The zero-order valence-corrected chi connectivity index (χ0v) is 15.6. The van der Waals surface area contributed by atoms with Gasteiger partial charge >= 0.3 is 0 Å². The topological polar surface area (TPSA) is 67.4 Å². The molecule has 1 aliphatic heterocycles. The number of carbonyl (C=O) groups is 2. The Morgan fingerprint density at radius 3 is 2.35 bits per heavy atom. The second-order valence-electron chi connectivity index (χ2n) is 7.63. The summed E-state index contributed by atoms with van der Waals surface area (Å²) in [7, 11) is 0. The molecule has 5 nitrogen and oxygen atoms in total. The third-order valence-corrected chi connectivity index (χ3v) is 5.76. The Kier molecular flexibility index (Phi) is 6.67. The summed E-state index contributed by atoms with van der Waals surface area (Å²) in [6, 6.07) is 7.45. The average Bonchev–Trinajstić information content (AvgIpc) is 2.69. The van der Waals surface area contributed by atoms with Gasteiger partial charge < -0.3 is 15.4 Å². The Bertz CT molecular complexity index is 619. The van der Waals surface area contributed by atoms with Crippen molar-refractivity contribution >= 4 is 23.2 Å². The van der Waals surface area contributed by atoms with Gasteiger partial charge in [0, 0.05) is 36.4 Å². The van der Waals surface area contributed by atoms with Gasteiger partial charge in [-0.1, -0.05) is 32.3 Å². The minimum atomic E-state index is -0.0422. The van der Waals surface area contributed by atoms with Gasteiger partial charge in [0.1, 0.15) is 0 Å². The molecule has 0 radical (unpaired) electrons. The largest absolute Gasteiger partial charge is 0.381 e. The summed E-state index contributed by atoms with van der Waals surface area (Å²) in [4.78, 5) is 25.0. The lowest BCUT2D eigenvalue weighted by atomic mass is 9.87. The van der Waals surface area contributed by atoms with Crippen LogP contribution >= 0.6 is 0 Å². The quantitative estimate of drug-likeness (QED) is 0.829. The first kappa shape index (κ1) is 18.9. The molecule has 2 amide bonds. The fourth-order valence-electron chi connectivity index (χ4n) is 3.97. The second kappa shape index (κ2) is 9.17. The third-order valence-electron chi connectivity index (χ3n) is 5.76. The Balaban J connectivity index is 1.56. The monoisotopic (exact) mass is 358 g/mol. The van der Waals surface area contributed by atoms with Gasteiger partial charge in [-0.05, 0) is 49.8 Å². The maximum absolute atomic E-state index is 12.6. The van der Waals surface area contributed by atoms with Gasteiger partial charge in [0.05, 0.1) is 0 Å². The first-order valence-electron chi connectivity index (χ1n) is 9.93. The van der Waals surface area contributed by atoms with Gasteiger partial charge in [-0.25, -0.2) is 0 Å². The van der Waals surface area contributed by atoms with Crippen LogP contribution in [-0.4, -0.2) is 25.0 Å². The molecular weight excluding hydrogens is 328 g/mol. The molecule has 3 rings (SSSR count). The van der Waals surface area contributed by atoms with E-state index < -0.39 is 0 Å². The Labute approximate surface area is 155 Å². The molecule has 2 N–H and O–H groups in total. The summed E-state index contributed by atoms with van der Waals surface area (Å²) in [6.07, 6.45) is 7.33. The van der Waals surface area contributed by atoms with Crippen molar-refractivity contribution in [1.82, 2.24) is 0 Å². The minimum Gasteiger partial charge on any atom is -0.381 e. The van der Waals surface area contributed by atoms with E-state index in [-0.39, 0.29) is 23.7 Å². The van der Waals surface area contributed by atoms with Crippen LogP contribution in [-0.2, 0) is 14.3 Å². The number of rotatable bonds is 5. The van der Waals surface area contributed by atoms with Crippen molar-refractivity contribution in [1.29, 1.82) is 0 Å². The number of ether oxygens (including phenoxy) is 1. The molecule has 2 fully saturated rings. The molecule has 0 aromatic heterocycles. The number of amides is 2. The van der Waals surface area contributed by atoms with Crippen molar-refractivity contribution in [2.24, 2.45) is 17.8 Å². The molecule has 0 bridgehead atoms. The number of nitrogens with one attached hydrogen (secondary N) is 2. The zero-order chi connectivity index (χ0) is 18.4. The highest BCUT2D eigenvalue weighted by atomic mass is 16.5. The smallest absolute Gasteiger partial charge is 0.227 e. The molecule has 1 saturated heterocycles. The van der Waals surface area contributed by atoms with Gasteiger partial charge in [0.25, 0.3) is 0 Å². The average molecular weight is 358 g/mol. The molecule has 1 aliphatic carbocycles. The Morgan fingerprint density at radius 1 is 1.00 bits per heavy atom. The summed E-state index contributed by atoms with van der Waals surface area (Å²) in [5.74, 6) is 0.587. The fourth-order valence-corrected chi connectivity index (χ4v) is 3.97. The highest BCUT2D eigenvalue weighted by Crippen LogP contribution is 2.27. The molecule has 26 heavy (non-hydrogen) atoms. The molecule has 0 spiro atoms. The van der Waals surface area contributed by atoms with Gasteiger partial charge in [-0.15, -0.1) is 0 Å². The normalized spacial score (nSPS) is 20.3. The molecule has 1 aromatic rings. The number of hydrogen-bond acceptors (Lipinski definition) is 3. The van der Waals surface area contributed by atoms with E-state index in [0.29, 0.717) is 5.92 Å². The molecule has 1 unspecified atom stereocenters. The van der Waals surface area contributed by atoms with E-state index in [1.807, 2.05) is 31.2 Å². The van der Waals surface area contributed by atoms with Crippen LogP contribution in [0, 0.1) is 17.8 Å². The van der Waals surface area contributed by atoms with E-state index in [2.05, 4.69) is 10.6 Å². The molecule has 1 heterocycles. The first-order valence-corrected chi connectivity index (χ1v) is 9.93. The summed E-state index contributed by atoms with van der Waals surface area (Å²) in [5, 5.41) is 6.01. The molecule has 2 aliphatic rings. The van der Waals surface area contributed by atoms with E-state index in [1.165, 1.54) is 6.42 Å².